The second-order valence-corrected chi connectivity index (χ2v) is 15.8. The molecule has 3 aromatic rings. The van der Waals surface area contributed by atoms with E-state index in [-0.39, 0.29) is 53.1 Å². The average molecular weight is 755 g/mol. The Morgan fingerprint density at radius 1 is 0.927 bits per heavy atom. The van der Waals surface area contributed by atoms with Gasteiger partial charge in [0, 0.05) is 12.0 Å². The van der Waals surface area contributed by atoms with Crippen molar-refractivity contribution >= 4 is 70.7 Å². The van der Waals surface area contributed by atoms with Crippen molar-refractivity contribution in [3.63, 3.8) is 0 Å². The topological polar surface area (TPSA) is 126 Å². The minimum absolute atomic E-state index is 0. The van der Waals surface area contributed by atoms with Crippen LogP contribution in [0.15, 0.2) is 18.0 Å². The van der Waals surface area contributed by atoms with Crippen LogP contribution >= 0.6 is 0 Å². The molecule has 4 atom stereocenters. The van der Waals surface area contributed by atoms with Crippen molar-refractivity contribution in [2.45, 2.75) is 100 Å². The van der Waals surface area contributed by atoms with Gasteiger partial charge in [-0.1, -0.05) is 113 Å². The summed E-state index contributed by atoms with van der Waals surface area (Å²) < 4.78 is 11.0. The molecule has 3 aliphatic rings. The fraction of sp³-hybridized carbons (Fsp3) is 0.489. The van der Waals surface area contributed by atoms with Crippen LogP contribution in [0.25, 0.3) is 35.2 Å². The van der Waals surface area contributed by atoms with E-state index in [0.717, 1.165) is 69.3 Å². The van der Waals surface area contributed by atoms with Gasteiger partial charge in [0.05, 0.1) is 13.7 Å². The summed E-state index contributed by atoms with van der Waals surface area (Å²) in [5.41, 5.74) is 9.51. The van der Waals surface area contributed by atoms with E-state index in [0.29, 0.717) is 58.6 Å². The van der Waals surface area contributed by atoms with Crippen LogP contribution in [0.3, 0.4) is 0 Å². The summed E-state index contributed by atoms with van der Waals surface area (Å²) in [6.45, 7) is 21.3. The number of aromatic nitrogens is 3. The number of ether oxygens (including phenoxy) is 2. The Balaban J connectivity index is 0.00000580. The predicted molar refractivity (Wildman–Crippen MR) is 219 cm³/mol. The Bertz CT molecular complexity index is 2180. The first-order chi connectivity index (χ1) is 25.8. The van der Waals surface area contributed by atoms with Crippen LogP contribution in [0.4, 0.5) is 0 Å². The van der Waals surface area contributed by atoms with E-state index >= 15 is 0 Å². The van der Waals surface area contributed by atoms with Gasteiger partial charge in [-0.15, -0.1) is 33.5 Å². The van der Waals surface area contributed by atoms with Gasteiger partial charge in [-0.25, -0.2) is 0 Å². The summed E-state index contributed by atoms with van der Waals surface area (Å²) >= 11 is 0. The summed E-state index contributed by atoms with van der Waals surface area (Å²) in [6, 6.07) is 0. The number of carbonyl (C=O) groups excluding carboxylic acids is 3. The van der Waals surface area contributed by atoms with Gasteiger partial charge in [0.25, 0.3) is 0 Å². The molecule has 0 spiro atoms. The number of hydrogen-bond acceptors (Lipinski definition) is 5. The second kappa shape index (κ2) is 17.4. The molecular formula is C45H54MgN4O5-2. The molecule has 9 nitrogen and oxygen atoms in total. The van der Waals surface area contributed by atoms with E-state index in [4.69, 9.17) is 29.7 Å². The number of allylic oxidation sites excluding steroid dienone is 2. The summed E-state index contributed by atoms with van der Waals surface area (Å²) in [7, 11) is 1.29. The molecule has 0 saturated carbocycles. The number of hydrogen-bond donors (Lipinski definition) is 0. The largest absolute Gasteiger partial charge is 2.00 e. The van der Waals surface area contributed by atoms with Gasteiger partial charge in [-0.2, -0.15) is 11.4 Å². The Labute approximate surface area is 341 Å². The molecule has 1 fully saturated rings. The van der Waals surface area contributed by atoms with Crippen LogP contribution in [0.1, 0.15) is 134 Å². The van der Waals surface area contributed by atoms with Crippen molar-refractivity contribution in [1.29, 1.82) is 0 Å². The first-order valence-corrected chi connectivity index (χ1v) is 19.6. The maximum Gasteiger partial charge on any atom is 2.00 e. The molecule has 8 bridgehead atoms. The van der Waals surface area contributed by atoms with Gasteiger partial charge < -0.3 is 29.7 Å². The predicted octanol–water partition coefficient (Wildman–Crippen LogP) is 6.83. The van der Waals surface area contributed by atoms with Gasteiger partial charge in [0.1, 0.15) is 5.92 Å². The molecule has 1 saturated heterocycles. The number of rotatable bonds is 13. The number of nitrogens with zero attached hydrogens (tertiary/aromatic N) is 4. The van der Waals surface area contributed by atoms with Crippen molar-refractivity contribution in [2.75, 3.05) is 13.7 Å². The van der Waals surface area contributed by atoms with Crippen molar-refractivity contribution in [1.82, 2.24) is 15.0 Å². The number of esters is 2. The van der Waals surface area contributed by atoms with Crippen LogP contribution in [-0.4, -0.2) is 54.5 Å². The second-order valence-electron chi connectivity index (χ2n) is 15.8. The van der Waals surface area contributed by atoms with E-state index in [1.807, 2.05) is 38.2 Å². The van der Waals surface area contributed by atoms with Crippen molar-refractivity contribution in [3.05, 3.63) is 90.1 Å². The normalized spacial score (nSPS) is 22.5. The zero-order valence-corrected chi connectivity index (χ0v) is 35.5. The molecule has 55 heavy (non-hydrogen) atoms. The summed E-state index contributed by atoms with van der Waals surface area (Å²) in [6.07, 6.45) is 13.4. The molecule has 0 radical (unpaired) electrons. The quantitative estimate of drug-likeness (QED) is 0.106. The summed E-state index contributed by atoms with van der Waals surface area (Å²) in [5.74, 6) is -1.78. The molecule has 0 amide bonds. The Hall–Kier alpha value is -4.02. The molecule has 3 aromatic heterocycles. The Kier molecular flexibility index (Phi) is 13.3. The maximum absolute atomic E-state index is 14.3. The maximum atomic E-state index is 14.3. The molecule has 1 aliphatic carbocycles. The van der Waals surface area contributed by atoms with Gasteiger partial charge >= 0.3 is 35.0 Å². The Morgan fingerprint density at radius 3 is 2.31 bits per heavy atom. The summed E-state index contributed by atoms with van der Waals surface area (Å²) in [5, 5.41) is 6.81. The van der Waals surface area contributed by atoms with E-state index in [9.17, 15) is 14.4 Å². The van der Waals surface area contributed by atoms with E-state index in [1.54, 1.807) is 0 Å². The van der Waals surface area contributed by atoms with Gasteiger partial charge in [0.15, 0.2) is 5.78 Å². The van der Waals surface area contributed by atoms with E-state index in [2.05, 4.69) is 48.1 Å². The summed E-state index contributed by atoms with van der Waals surface area (Å²) in [4.78, 5) is 56.1. The third kappa shape index (κ3) is 8.13. The van der Waals surface area contributed by atoms with E-state index < -0.39 is 11.9 Å². The van der Waals surface area contributed by atoms with E-state index in [1.165, 1.54) is 20.0 Å². The first-order valence-electron chi connectivity index (χ1n) is 19.6. The monoisotopic (exact) mass is 754 g/mol. The molecule has 0 aromatic carbocycles. The SMILES string of the molecule is C=Cc1c2[n-]c(c1C)/C=C1\[N-]/C(=C3\c4[n-]c(c(C)c4C(=O)[C@@H]3C(=O)OC)/C=c3\[n-]/c(c(C)c3CC)=C\2)[C@@H](CCC(=O)OCCC(C)CCCC(C)C)[C@@H]1C.[Mg+2]. The molecule has 2 aliphatic heterocycles. The van der Waals surface area contributed by atoms with Gasteiger partial charge in [-0.05, 0) is 69.3 Å². The van der Waals surface area contributed by atoms with Crippen LogP contribution in [0.2, 0.25) is 0 Å². The number of ketones is 1. The fourth-order valence-electron chi connectivity index (χ4n) is 8.39. The average Bonchev–Trinajstić information content (AvgIpc) is 3.87. The number of methoxy groups -OCH3 is 1. The van der Waals surface area contributed by atoms with Gasteiger partial charge in [-0.3, -0.25) is 14.4 Å². The molecule has 6 rings (SSSR count). The van der Waals surface area contributed by atoms with Crippen LogP contribution in [0.5, 0.6) is 0 Å². The number of Topliss-reactive ketones (excluding diaryl/α,β-unsaturated/α-hetero) is 1. The molecule has 0 N–H and O–H groups in total. The molecular weight excluding hydrogens is 701 g/mol. The fourth-order valence-corrected chi connectivity index (χ4v) is 8.39. The number of carbonyl (C=O) groups is 3. The minimum atomic E-state index is -1.21. The standard InChI is InChI=1S/C45H55N4O5.Mg/c1-11-29-25(6)32-20-34-27(8)31(16-17-38(50)54-19-18-24(5)15-13-14-23(3)4)42(48-34)40-41(45(52)53-10)44(51)39-28(9)35(49-43(39)40)22-37-30(12-2)26(7)33(47-37)21-36(29)46-32;/h11,20-24,27,31,41H,1,12-19H2,2-10H3,(H-,48,49,51);/q-3;+2/p-1/b33-21-,34-20-,37-22-;/t24?,27-,31-,41+;/m0./s1. The van der Waals surface area contributed by atoms with Crippen LogP contribution < -0.4 is 25.7 Å². The molecule has 288 valence electrons. The first kappa shape index (κ1) is 42.1. The number of fused-ring (bicyclic) bond motifs is 7. The Morgan fingerprint density at radius 2 is 1.64 bits per heavy atom. The molecule has 1 unspecified atom stereocenters. The minimum Gasteiger partial charge on any atom is -0.664 e. The third-order valence-corrected chi connectivity index (χ3v) is 11.8. The molecule has 5 heterocycles. The van der Waals surface area contributed by atoms with Crippen molar-refractivity contribution in [2.24, 2.45) is 29.6 Å². The van der Waals surface area contributed by atoms with Crippen LogP contribution in [0, 0.1) is 50.4 Å². The molecule has 10 heteroatoms. The van der Waals surface area contributed by atoms with Crippen molar-refractivity contribution < 1.29 is 23.9 Å². The smallest absolute Gasteiger partial charge is 0.664 e. The van der Waals surface area contributed by atoms with Crippen molar-refractivity contribution in [3.8, 4) is 0 Å². The zero-order chi connectivity index (χ0) is 39.0. The third-order valence-electron chi connectivity index (χ3n) is 11.8. The zero-order valence-electron chi connectivity index (χ0n) is 34.1. The van der Waals surface area contributed by atoms with Gasteiger partial charge in [0.2, 0.25) is 0 Å². The van der Waals surface area contributed by atoms with Crippen LogP contribution in [-0.2, 0) is 25.5 Å².